The zero-order valence-electron chi connectivity index (χ0n) is 16.0. The van der Waals surface area contributed by atoms with Gasteiger partial charge in [-0.2, -0.15) is 0 Å². The highest BCUT2D eigenvalue weighted by atomic mass is 19.1. The van der Waals surface area contributed by atoms with E-state index in [0.717, 1.165) is 25.9 Å². The Bertz CT molecular complexity index is 986. The van der Waals surface area contributed by atoms with Crippen molar-refractivity contribution in [3.05, 3.63) is 34.4 Å². The lowest BCUT2D eigenvalue weighted by Gasteiger charge is -2.40. The van der Waals surface area contributed by atoms with E-state index in [-0.39, 0.29) is 17.2 Å². The highest BCUT2D eigenvalue weighted by Crippen LogP contribution is 2.39. The maximum Gasteiger partial charge on any atom is 0.511 e. The first kappa shape index (κ1) is 18.7. The average Bonchev–Trinajstić information content (AvgIpc) is 3.48. The summed E-state index contributed by atoms with van der Waals surface area (Å²) in [5.41, 5.74) is 0.493. The van der Waals surface area contributed by atoms with E-state index in [1.807, 2.05) is 9.47 Å². The van der Waals surface area contributed by atoms with Crippen molar-refractivity contribution in [1.82, 2.24) is 9.47 Å². The van der Waals surface area contributed by atoms with E-state index in [1.165, 1.54) is 12.3 Å². The van der Waals surface area contributed by atoms with Crippen LogP contribution in [-0.4, -0.2) is 52.9 Å². The molecule has 1 atom stereocenters. The molecule has 2 aliphatic rings. The van der Waals surface area contributed by atoms with E-state index in [0.29, 0.717) is 30.3 Å². The second-order valence-corrected chi connectivity index (χ2v) is 7.57. The molecule has 0 spiro atoms. The van der Waals surface area contributed by atoms with Gasteiger partial charge in [0, 0.05) is 31.7 Å². The number of fused-ring (bicyclic) bond motifs is 1. The molecule has 4 rings (SSSR count). The molecule has 0 radical (unpaired) electrons. The van der Waals surface area contributed by atoms with Gasteiger partial charge in [0.05, 0.1) is 22.8 Å². The Morgan fingerprint density at radius 3 is 2.68 bits per heavy atom. The zero-order chi connectivity index (χ0) is 20.0. The number of hydrogen-bond acceptors (Lipinski definition) is 5. The standard InChI is InChI=1S/C20H24FN3O4/c1-3-22-6-7-23(10-12(22)2)17-9-16-14(8-15(17)21)19(25)18(28-20(26)27)11-24(16)13-4-5-13/h8-9,11-13H,3-7,10H2,1-2H3,(H,26,27). The van der Waals surface area contributed by atoms with Gasteiger partial charge in [0.1, 0.15) is 5.82 Å². The summed E-state index contributed by atoms with van der Waals surface area (Å²) >= 11 is 0. The van der Waals surface area contributed by atoms with E-state index >= 15 is 0 Å². The van der Waals surface area contributed by atoms with Crippen LogP contribution in [0, 0.1) is 5.82 Å². The van der Waals surface area contributed by atoms with Crippen molar-refractivity contribution in [2.24, 2.45) is 0 Å². The number of anilines is 1. The predicted molar refractivity (Wildman–Crippen MR) is 104 cm³/mol. The van der Waals surface area contributed by atoms with Crippen molar-refractivity contribution in [2.45, 2.75) is 38.8 Å². The summed E-state index contributed by atoms with van der Waals surface area (Å²) in [5.74, 6) is -0.763. The molecule has 7 nitrogen and oxygen atoms in total. The second kappa shape index (κ2) is 7.09. The van der Waals surface area contributed by atoms with Crippen molar-refractivity contribution < 1.29 is 19.0 Å². The summed E-state index contributed by atoms with van der Waals surface area (Å²) in [6, 6.07) is 3.43. The van der Waals surface area contributed by atoms with E-state index in [1.54, 1.807) is 6.07 Å². The number of nitrogens with zero attached hydrogens (tertiary/aromatic N) is 3. The van der Waals surface area contributed by atoms with Gasteiger partial charge in [-0.25, -0.2) is 9.18 Å². The minimum absolute atomic E-state index is 0.146. The van der Waals surface area contributed by atoms with Gasteiger partial charge in [-0.1, -0.05) is 6.92 Å². The molecule has 8 heteroatoms. The molecule has 2 aromatic rings. The summed E-state index contributed by atoms with van der Waals surface area (Å²) in [7, 11) is 0. The minimum Gasteiger partial charge on any atom is -0.449 e. The highest BCUT2D eigenvalue weighted by Gasteiger charge is 2.29. The van der Waals surface area contributed by atoms with Crippen molar-refractivity contribution >= 4 is 22.7 Å². The third-order valence-corrected chi connectivity index (χ3v) is 5.72. The van der Waals surface area contributed by atoms with Crippen molar-refractivity contribution in [2.75, 3.05) is 31.1 Å². The quantitative estimate of drug-likeness (QED) is 0.810. The van der Waals surface area contributed by atoms with Gasteiger partial charge in [-0.05, 0) is 38.4 Å². The van der Waals surface area contributed by atoms with Crippen molar-refractivity contribution in [1.29, 1.82) is 0 Å². The number of carbonyl (C=O) groups is 1. The fraction of sp³-hybridized carbons (Fsp3) is 0.500. The van der Waals surface area contributed by atoms with Crippen LogP contribution in [0.2, 0.25) is 0 Å². The molecule has 1 N–H and O–H groups in total. The third kappa shape index (κ3) is 3.32. The number of likely N-dealkylation sites (N-methyl/N-ethyl adjacent to an activating group) is 1. The number of pyridine rings is 1. The van der Waals surface area contributed by atoms with Gasteiger partial charge >= 0.3 is 6.16 Å². The molecule has 1 saturated heterocycles. The van der Waals surface area contributed by atoms with Crippen molar-refractivity contribution in [3.8, 4) is 5.75 Å². The second-order valence-electron chi connectivity index (χ2n) is 7.57. The molecule has 2 heterocycles. The summed E-state index contributed by atoms with van der Waals surface area (Å²) < 4.78 is 21.5. The van der Waals surface area contributed by atoms with Crippen LogP contribution in [0.25, 0.3) is 10.9 Å². The fourth-order valence-corrected chi connectivity index (χ4v) is 4.08. The lowest BCUT2D eigenvalue weighted by atomic mass is 10.1. The summed E-state index contributed by atoms with van der Waals surface area (Å²) in [4.78, 5) is 27.9. The molecule has 1 aliphatic carbocycles. The monoisotopic (exact) mass is 389 g/mol. The molecular formula is C20H24FN3O4. The lowest BCUT2D eigenvalue weighted by Crippen LogP contribution is -2.52. The normalized spacial score (nSPS) is 20.5. The van der Waals surface area contributed by atoms with Crippen LogP contribution >= 0.6 is 0 Å². The first-order valence-electron chi connectivity index (χ1n) is 9.67. The molecule has 1 aromatic carbocycles. The number of aromatic nitrogens is 1. The lowest BCUT2D eigenvalue weighted by molar-refractivity contribution is 0.143. The number of carboxylic acid groups (broad SMARTS) is 1. The highest BCUT2D eigenvalue weighted by molar-refractivity contribution is 5.85. The Morgan fingerprint density at radius 2 is 2.07 bits per heavy atom. The zero-order valence-corrected chi connectivity index (χ0v) is 16.0. The predicted octanol–water partition coefficient (Wildman–Crippen LogP) is 3.06. The first-order chi connectivity index (χ1) is 13.4. The Balaban J connectivity index is 1.81. The van der Waals surface area contributed by atoms with E-state index in [2.05, 4.69) is 23.5 Å². The topological polar surface area (TPSA) is 75.0 Å². The third-order valence-electron chi connectivity index (χ3n) is 5.72. The van der Waals surface area contributed by atoms with Crippen LogP contribution in [-0.2, 0) is 0 Å². The molecule has 0 amide bonds. The molecule has 1 unspecified atom stereocenters. The number of halogens is 1. The number of rotatable bonds is 4. The average molecular weight is 389 g/mol. The molecule has 150 valence electrons. The SMILES string of the molecule is CCN1CCN(c2cc3c(cc2F)c(=O)c(OC(=O)O)cn3C2CC2)CC1C. The Hall–Kier alpha value is -2.61. The first-order valence-corrected chi connectivity index (χ1v) is 9.67. The summed E-state index contributed by atoms with van der Waals surface area (Å²) in [6.07, 6.45) is 1.75. The maximum atomic E-state index is 15.0. The Morgan fingerprint density at radius 1 is 1.32 bits per heavy atom. The van der Waals surface area contributed by atoms with Crippen LogP contribution in [0.3, 0.4) is 0 Å². The maximum absolute atomic E-state index is 15.0. The Kier molecular flexibility index (Phi) is 4.74. The molecular weight excluding hydrogens is 365 g/mol. The minimum atomic E-state index is -1.56. The van der Waals surface area contributed by atoms with Crippen LogP contribution in [0.4, 0.5) is 14.9 Å². The molecule has 2 fully saturated rings. The van der Waals surface area contributed by atoms with Gasteiger partial charge in [-0.15, -0.1) is 0 Å². The van der Waals surface area contributed by atoms with Gasteiger partial charge < -0.3 is 19.3 Å². The van der Waals surface area contributed by atoms with Crippen LogP contribution in [0.1, 0.15) is 32.7 Å². The van der Waals surface area contributed by atoms with Crippen LogP contribution in [0.5, 0.6) is 5.75 Å². The number of ether oxygens (including phenoxy) is 1. The van der Waals surface area contributed by atoms with Gasteiger partial charge in [0.15, 0.2) is 5.75 Å². The Labute approximate surface area is 161 Å². The van der Waals surface area contributed by atoms with Gasteiger partial charge in [0.2, 0.25) is 5.43 Å². The van der Waals surface area contributed by atoms with Gasteiger partial charge in [-0.3, -0.25) is 9.69 Å². The smallest absolute Gasteiger partial charge is 0.449 e. The van der Waals surface area contributed by atoms with Crippen molar-refractivity contribution in [3.63, 3.8) is 0 Å². The number of hydrogen-bond donors (Lipinski definition) is 1. The van der Waals surface area contributed by atoms with Crippen LogP contribution < -0.4 is 15.1 Å². The van der Waals surface area contributed by atoms with E-state index < -0.39 is 17.4 Å². The number of piperazine rings is 1. The fourth-order valence-electron chi connectivity index (χ4n) is 4.08. The molecule has 1 aromatic heterocycles. The summed E-state index contributed by atoms with van der Waals surface area (Å²) in [6.45, 7) is 7.50. The van der Waals surface area contributed by atoms with Crippen LogP contribution in [0.15, 0.2) is 23.1 Å². The van der Waals surface area contributed by atoms with E-state index in [4.69, 9.17) is 5.11 Å². The molecule has 0 bridgehead atoms. The summed E-state index contributed by atoms with van der Waals surface area (Å²) in [5, 5.41) is 9.03. The number of benzene rings is 1. The molecule has 1 aliphatic heterocycles. The molecule has 28 heavy (non-hydrogen) atoms. The molecule has 1 saturated carbocycles. The van der Waals surface area contributed by atoms with Gasteiger partial charge in [0.25, 0.3) is 0 Å². The van der Waals surface area contributed by atoms with E-state index in [9.17, 15) is 14.0 Å². The largest absolute Gasteiger partial charge is 0.511 e.